The first-order chi connectivity index (χ1) is 6.06. The van der Waals surface area contributed by atoms with Gasteiger partial charge in [-0.05, 0) is 17.7 Å². The first kappa shape index (κ1) is 12.3. The van der Waals surface area contributed by atoms with Crippen LogP contribution in [-0.4, -0.2) is 6.68 Å². The summed E-state index contributed by atoms with van der Waals surface area (Å²) in [7, 11) is 0. The molecule has 1 aromatic rings. The number of benzene rings is 1. The van der Waals surface area contributed by atoms with E-state index in [4.69, 9.17) is 5.73 Å². The second kappa shape index (κ2) is 6.80. The number of halogens is 3. The number of alkyl halides is 3. The third kappa shape index (κ3) is 7.67. The molecule has 0 heterocycles. The van der Waals surface area contributed by atoms with Crippen molar-refractivity contribution >= 4 is 12.6 Å². The highest BCUT2D eigenvalue weighted by Gasteiger charge is 1.86. The zero-order valence-electron chi connectivity index (χ0n) is 6.75. The lowest BCUT2D eigenvalue weighted by atomic mass is 10.2. The van der Waals surface area contributed by atoms with Gasteiger partial charge in [0.2, 0.25) is 0 Å². The van der Waals surface area contributed by atoms with E-state index in [1.807, 2.05) is 24.3 Å². The van der Waals surface area contributed by atoms with Crippen LogP contribution in [0, 0.1) is 0 Å². The van der Waals surface area contributed by atoms with Gasteiger partial charge < -0.3 is 5.73 Å². The second-order valence-electron chi connectivity index (χ2n) is 2.12. The van der Waals surface area contributed by atoms with Gasteiger partial charge in [-0.3, -0.25) is 0 Å². The maximum atomic E-state index is 9.67. The molecular weight excluding hydrogens is 199 g/mol. The fourth-order valence-electron chi connectivity index (χ4n) is 0.632. The Morgan fingerprint density at radius 3 is 1.85 bits per heavy atom. The largest absolute Gasteiger partial charge is 0.379 e. The number of nitrogens with two attached hydrogens (primary N) is 1. The predicted molar refractivity (Wildman–Crippen MR) is 48.7 cm³/mol. The van der Waals surface area contributed by atoms with Crippen molar-refractivity contribution in [1.82, 2.24) is 0 Å². The molecule has 2 N–H and O–H groups in total. The molecule has 1 nitrogen and oxygen atoms in total. The number of hydrogen-bond acceptors (Lipinski definition) is 2. The molecule has 1 rings (SSSR count). The topological polar surface area (TPSA) is 26.0 Å². The third-order valence-electron chi connectivity index (χ3n) is 1.17. The van der Waals surface area contributed by atoms with Gasteiger partial charge in [-0.1, -0.05) is 12.1 Å². The van der Waals surface area contributed by atoms with Crippen LogP contribution in [-0.2, 0) is 6.54 Å². The Kier molecular flexibility index (Phi) is 6.44. The van der Waals surface area contributed by atoms with Crippen LogP contribution in [0.25, 0.3) is 0 Å². The second-order valence-corrected chi connectivity index (χ2v) is 2.63. The summed E-state index contributed by atoms with van der Waals surface area (Å²) in [6.07, 6.45) is 0. The molecule has 0 saturated carbocycles. The molecule has 13 heavy (non-hydrogen) atoms. The lowest BCUT2D eigenvalue weighted by Crippen LogP contribution is -1.94. The van der Waals surface area contributed by atoms with Gasteiger partial charge in [0.1, 0.15) is 0 Å². The molecule has 0 saturated heterocycles. The Labute approximate surface area is 80.2 Å². The average Bonchev–Trinajstić information content (AvgIpc) is 2.05. The van der Waals surface area contributed by atoms with E-state index in [0.29, 0.717) is 6.54 Å². The highest BCUT2D eigenvalue weighted by atomic mass is 32.1. The van der Waals surface area contributed by atoms with Gasteiger partial charge in [0, 0.05) is 11.4 Å². The lowest BCUT2D eigenvalue weighted by molar-refractivity contribution is 0.00819. The zero-order valence-corrected chi connectivity index (χ0v) is 7.65. The minimum absolute atomic E-state index is 0.605. The molecule has 0 spiro atoms. The van der Waals surface area contributed by atoms with Gasteiger partial charge in [-0.15, -0.1) is 12.6 Å². The number of hydrogen-bond donors (Lipinski definition) is 2. The Hall–Kier alpha value is -0.680. The molecule has 74 valence electrons. The van der Waals surface area contributed by atoms with E-state index >= 15 is 0 Å². The first-order valence-electron chi connectivity index (χ1n) is 3.46. The fourth-order valence-corrected chi connectivity index (χ4v) is 0.781. The molecule has 0 aromatic heterocycles. The van der Waals surface area contributed by atoms with Crippen LogP contribution in [0.15, 0.2) is 29.2 Å². The predicted octanol–water partition coefficient (Wildman–Crippen LogP) is 2.61. The minimum atomic E-state index is -3.67. The van der Waals surface area contributed by atoms with Crippen LogP contribution in [0.1, 0.15) is 5.56 Å². The molecule has 0 unspecified atom stereocenters. The van der Waals surface area contributed by atoms with Crippen LogP contribution in [0.4, 0.5) is 13.2 Å². The van der Waals surface area contributed by atoms with E-state index in [1.54, 1.807) is 0 Å². The van der Waals surface area contributed by atoms with Crippen molar-refractivity contribution in [3.05, 3.63) is 29.8 Å². The monoisotopic (exact) mass is 209 g/mol. The summed E-state index contributed by atoms with van der Waals surface area (Å²) < 4.78 is 29.0. The molecular formula is C8H10F3NS. The fraction of sp³-hybridized carbons (Fsp3) is 0.250. The molecule has 0 fully saturated rings. The Morgan fingerprint density at radius 2 is 1.54 bits per heavy atom. The molecule has 0 aliphatic carbocycles. The lowest BCUT2D eigenvalue weighted by Gasteiger charge is -1.94. The van der Waals surface area contributed by atoms with Crippen LogP contribution < -0.4 is 5.73 Å². The van der Waals surface area contributed by atoms with Gasteiger partial charge in [0.05, 0.1) is 0 Å². The molecule has 0 aliphatic heterocycles. The average molecular weight is 209 g/mol. The molecule has 5 heteroatoms. The SMILES string of the molecule is FC(F)F.NCc1ccc(S)cc1. The summed E-state index contributed by atoms with van der Waals surface area (Å²) in [6.45, 7) is -3.06. The van der Waals surface area contributed by atoms with Crippen molar-refractivity contribution in [2.75, 3.05) is 0 Å². The summed E-state index contributed by atoms with van der Waals surface area (Å²) in [5.74, 6) is 0. The molecule has 0 aliphatic rings. The summed E-state index contributed by atoms with van der Waals surface area (Å²) in [4.78, 5) is 0.979. The minimum Gasteiger partial charge on any atom is -0.326 e. The number of rotatable bonds is 1. The maximum absolute atomic E-state index is 9.67. The van der Waals surface area contributed by atoms with Crippen molar-refractivity contribution < 1.29 is 13.2 Å². The zero-order chi connectivity index (χ0) is 10.3. The van der Waals surface area contributed by atoms with E-state index in [9.17, 15) is 13.2 Å². The Balaban J connectivity index is 0.000000310. The van der Waals surface area contributed by atoms with E-state index in [1.165, 1.54) is 0 Å². The van der Waals surface area contributed by atoms with Gasteiger partial charge in [0.25, 0.3) is 0 Å². The van der Waals surface area contributed by atoms with E-state index < -0.39 is 6.68 Å². The van der Waals surface area contributed by atoms with Gasteiger partial charge in [-0.25, -0.2) is 0 Å². The van der Waals surface area contributed by atoms with Crippen molar-refractivity contribution in [3.63, 3.8) is 0 Å². The van der Waals surface area contributed by atoms with Crippen molar-refractivity contribution in [3.8, 4) is 0 Å². The van der Waals surface area contributed by atoms with Crippen molar-refractivity contribution in [2.45, 2.75) is 18.1 Å². The molecule has 0 radical (unpaired) electrons. The summed E-state index contributed by atoms with van der Waals surface area (Å²) in [5.41, 5.74) is 6.52. The summed E-state index contributed by atoms with van der Waals surface area (Å²) >= 11 is 4.13. The highest BCUT2D eigenvalue weighted by Crippen LogP contribution is 2.06. The van der Waals surface area contributed by atoms with Crippen LogP contribution >= 0.6 is 12.6 Å². The standard InChI is InChI=1S/C7H9NS.CHF3/c8-5-6-1-3-7(9)4-2-6;2-1(3)4/h1-4,9H,5,8H2;1H. The maximum Gasteiger partial charge on any atom is 0.379 e. The van der Waals surface area contributed by atoms with Gasteiger partial charge >= 0.3 is 6.68 Å². The Bertz CT molecular complexity index is 223. The molecule has 0 amide bonds. The molecule has 1 aromatic carbocycles. The quantitative estimate of drug-likeness (QED) is 0.683. The van der Waals surface area contributed by atoms with Crippen LogP contribution in [0.2, 0.25) is 0 Å². The van der Waals surface area contributed by atoms with E-state index in [-0.39, 0.29) is 0 Å². The normalized spacial score (nSPS) is 9.38. The molecule has 0 bridgehead atoms. The van der Waals surface area contributed by atoms with Crippen LogP contribution in [0.5, 0.6) is 0 Å². The summed E-state index contributed by atoms with van der Waals surface area (Å²) in [6, 6.07) is 7.82. The molecule has 0 atom stereocenters. The van der Waals surface area contributed by atoms with Crippen molar-refractivity contribution in [2.24, 2.45) is 5.73 Å². The first-order valence-corrected chi connectivity index (χ1v) is 3.91. The van der Waals surface area contributed by atoms with Crippen LogP contribution in [0.3, 0.4) is 0 Å². The summed E-state index contributed by atoms with van der Waals surface area (Å²) in [5, 5.41) is 0. The van der Waals surface area contributed by atoms with Gasteiger partial charge in [0.15, 0.2) is 0 Å². The smallest absolute Gasteiger partial charge is 0.326 e. The van der Waals surface area contributed by atoms with Gasteiger partial charge in [-0.2, -0.15) is 13.2 Å². The van der Waals surface area contributed by atoms with E-state index in [2.05, 4.69) is 12.6 Å². The number of thiol groups is 1. The Morgan fingerprint density at radius 1 is 1.15 bits per heavy atom. The third-order valence-corrected chi connectivity index (χ3v) is 1.47. The van der Waals surface area contributed by atoms with Crippen molar-refractivity contribution in [1.29, 1.82) is 0 Å². The highest BCUT2D eigenvalue weighted by molar-refractivity contribution is 7.80. The van der Waals surface area contributed by atoms with E-state index in [0.717, 1.165) is 10.5 Å².